The number of aromatic nitrogens is 2. The largest absolute Gasteiger partial charge is 0.365 e. The van der Waals surface area contributed by atoms with Crippen molar-refractivity contribution in [1.29, 1.82) is 0 Å². The Morgan fingerprint density at radius 1 is 1.21 bits per heavy atom. The number of hydrogen-bond acceptors (Lipinski definition) is 5. The maximum atomic E-state index is 12.6. The Hall–Kier alpha value is -2.90. The van der Waals surface area contributed by atoms with E-state index >= 15 is 0 Å². The van der Waals surface area contributed by atoms with Crippen molar-refractivity contribution in [2.24, 2.45) is 5.73 Å². The number of rotatable bonds is 8. The quantitative estimate of drug-likeness (QED) is 0.370. The molecule has 4 heterocycles. The number of nitrogens with zero attached hydrogens (tertiary/aromatic N) is 3. The van der Waals surface area contributed by atoms with Crippen LogP contribution in [0.3, 0.4) is 0 Å². The minimum atomic E-state index is -0.335. The minimum Gasteiger partial charge on any atom is -0.365 e. The highest BCUT2D eigenvalue weighted by Crippen LogP contribution is 2.41. The van der Waals surface area contributed by atoms with E-state index in [9.17, 15) is 4.79 Å². The molecule has 178 valence electrons. The molecule has 6 nitrogen and oxygen atoms in total. The lowest BCUT2D eigenvalue weighted by molar-refractivity contribution is 0.100. The minimum absolute atomic E-state index is 0.215. The molecule has 0 aliphatic carbocycles. The summed E-state index contributed by atoms with van der Waals surface area (Å²) in [4.78, 5) is 26.2. The zero-order valence-corrected chi connectivity index (χ0v) is 20.8. The van der Waals surface area contributed by atoms with Gasteiger partial charge in [-0.15, -0.1) is 11.3 Å². The highest BCUT2D eigenvalue weighted by atomic mass is 32.1. The molecule has 1 fully saturated rings. The van der Waals surface area contributed by atoms with Gasteiger partial charge in [-0.05, 0) is 49.1 Å². The fourth-order valence-electron chi connectivity index (χ4n) is 5.16. The van der Waals surface area contributed by atoms with Gasteiger partial charge >= 0.3 is 0 Å². The summed E-state index contributed by atoms with van der Waals surface area (Å²) >= 11 is 1.53. The Balaban J connectivity index is 1.55. The molecule has 0 saturated carbocycles. The van der Waals surface area contributed by atoms with E-state index in [2.05, 4.69) is 65.3 Å². The molecule has 1 amide bonds. The van der Waals surface area contributed by atoms with E-state index in [-0.39, 0.29) is 11.8 Å². The number of benzene rings is 1. The van der Waals surface area contributed by atoms with Gasteiger partial charge in [0, 0.05) is 59.6 Å². The number of para-hydroxylation sites is 1. The number of piperazine rings is 1. The third kappa shape index (κ3) is 4.42. The predicted octanol–water partition coefficient (Wildman–Crippen LogP) is 5.14. The van der Waals surface area contributed by atoms with E-state index in [1.807, 2.05) is 6.20 Å². The van der Waals surface area contributed by atoms with Gasteiger partial charge < -0.3 is 20.5 Å². The number of hydrogen-bond donors (Lipinski definition) is 2. The first-order chi connectivity index (χ1) is 16.5. The lowest BCUT2D eigenvalue weighted by atomic mass is 9.86. The average Bonchev–Trinajstić information content (AvgIpc) is 3.43. The maximum absolute atomic E-state index is 12.6. The second-order valence-electron chi connectivity index (χ2n) is 9.44. The Bertz CT molecular complexity index is 1300. The van der Waals surface area contributed by atoms with Gasteiger partial charge in [0.2, 0.25) is 0 Å². The standard InChI is InChI=1S/C27H33N5OS/c1-3-4-7-18(14-19-16-29-22-9-6-5-8-20(19)22)25-21-17-30-24(32-12-10-31(2)11-13-32)15-23(21)34-26(25)27(28)33/h5-6,8-9,15-18,29H,3-4,7,10-14H2,1-2H3,(H2,28,33). The zero-order valence-electron chi connectivity index (χ0n) is 20.0. The molecule has 3 aromatic heterocycles. The Morgan fingerprint density at radius 3 is 2.76 bits per heavy atom. The van der Waals surface area contributed by atoms with Crippen LogP contribution < -0.4 is 10.6 Å². The topological polar surface area (TPSA) is 78.2 Å². The van der Waals surface area contributed by atoms with Crippen LogP contribution >= 0.6 is 11.3 Å². The molecule has 4 aromatic rings. The van der Waals surface area contributed by atoms with Crippen LogP contribution in [0.2, 0.25) is 0 Å². The number of thiophene rings is 1. The number of carbonyl (C=O) groups is 1. The molecule has 0 spiro atoms. The van der Waals surface area contributed by atoms with Crippen molar-refractivity contribution < 1.29 is 4.79 Å². The van der Waals surface area contributed by atoms with Crippen LogP contribution in [0.1, 0.15) is 52.9 Å². The fourth-order valence-corrected chi connectivity index (χ4v) is 6.31. The number of aromatic amines is 1. The van der Waals surface area contributed by atoms with Crippen LogP contribution in [-0.4, -0.2) is 54.0 Å². The summed E-state index contributed by atoms with van der Waals surface area (Å²) < 4.78 is 1.10. The van der Waals surface area contributed by atoms with E-state index in [1.165, 1.54) is 22.3 Å². The van der Waals surface area contributed by atoms with Crippen LogP contribution in [0.4, 0.5) is 5.82 Å². The molecule has 0 bridgehead atoms. The van der Waals surface area contributed by atoms with E-state index in [0.29, 0.717) is 4.88 Å². The first kappa shape index (κ1) is 22.9. The third-order valence-electron chi connectivity index (χ3n) is 7.11. The second-order valence-corrected chi connectivity index (χ2v) is 10.5. The summed E-state index contributed by atoms with van der Waals surface area (Å²) in [6.45, 7) is 6.22. The Kier molecular flexibility index (Phi) is 6.57. The molecule has 1 unspecified atom stereocenters. The molecule has 5 rings (SSSR count). The number of likely N-dealkylation sites (N-methyl/N-ethyl adjacent to an activating group) is 1. The van der Waals surface area contributed by atoms with Crippen molar-refractivity contribution in [1.82, 2.24) is 14.9 Å². The number of nitrogens with two attached hydrogens (primary N) is 1. The number of H-pyrrole nitrogens is 1. The number of unbranched alkanes of at least 4 members (excludes halogenated alkanes) is 1. The lowest BCUT2D eigenvalue weighted by Crippen LogP contribution is -2.44. The number of primary amides is 1. The van der Waals surface area contributed by atoms with Crippen molar-refractivity contribution in [3.05, 3.63) is 58.7 Å². The molecule has 7 heteroatoms. The smallest absolute Gasteiger partial charge is 0.259 e. The Labute approximate surface area is 204 Å². The van der Waals surface area contributed by atoms with Crippen LogP contribution in [0.25, 0.3) is 21.0 Å². The highest BCUT2D eigenvalue weighted by Gasteiger charge is 2.26. The number of nitrogens with one attached hydrogen (secondary N) is 1. The van der Waals surface area contributed by atoms with Crippen molar-refractivity contribution in [2.45, 2.75) is 38.5 Å². The first-order valence-corrected chi connectivity index (χ1v) is 13.1. The molecule has 1 aromatic carbocycles. The molecule has 34 heavy (non-hydrogen) atoms. The predicted molar refractivity (Wildman–Crippen MR) is 142 cm³/mol. The molecule has 1 aliphatic heterocycles. The molecule has 0 radical (unpaired) electrons. The van der Waals surface area contributed by atoms with Gasteiger partial charge in [-0.1, -0.05) is 38.0 Å². The van der Waals surface area contributed by atoms with E-state index < -0.39 is 0 Å². The summed E-state index contributed by atoms with van der Waals surface area (Å²) in [6, 6.07) is 10.6. The molecule has 3 N–H and O–H groups in total. The van der Waals surface area contributed by atoms with Crippen LogP contribution in [0.5, 0.6) is 0 Å². The monoisotopic (exact) mass is 475 g/mol. The first-order valence-electron chi connectivity index (χ1n) is 12.3. The molecule has 1 aliphatic rings. The van der Waals surface area contributed by atoms with Crippen molar-refractivity contribution >= 4 is 44.1 Å². The van der Waals surface area contributed by atoms with E-state index in [4.69, 9.17) is 10.7 Å². The van der Waals surface area contributed by atoms with Gasteiger partial charge in [-0.3, -0.25) is 4.79 Å². The number of anilines is 1. The SMILES string of the molecule is CCCCC(Cc1c[nH]c2ccccc12)c1c(C(N)=O)sc2cc(N3CCN(C)CC3)ncc12. The second kappa shape index (κ2) is 9.76. The molecular formula is C27H33N5OS. The summed E-state index contributed by atoms with van der Waals surface area (Å²) in [7, 11) is 2.16. The van der Waals surface area contributed by atoms with E-state index in [0.717, 1.165) is 78.8 Å². The number of amides is 1. The van der Waals surface area contributed by atoms with Gasteiger partial charge in [0.05, 0.1) is 4.88 Å². The van der Waals surface area contributed by atoms with E-state index in [1.54, 1.807) is 0 Å². The van der Waals surface area contributed by atoms with Crippen molar-refractivity contribution in [3.8, 4) is 0 Å². The van der Waals surface area contributed by atoms with Crippen LogP contribution in [0, 0.1) is 0 Å². The highest BCUT2D eigenvalue weighted by molar-refractivity contribution is 7.21. The van der Waals surface area contributed by atoms with Gasteiger partial charge in [0.15, 0.2) is 0 Å². The summed E-state index contributed by atoms with van der Waals surface area (Å²) in [5.41, 5.74) is 9.45. The third-order valence-corrected chi connectivity index (χ3v) is 8.29. The van der Waals surface area contributed by atoms with Gasteiger partial charge in [0.1, 0.15) is 5.82 Å². The molecule has 1 saturated heterocycles. The van der Waals surface area contributed by atoms with Crippen molar-refractivity contribution in [3.63, 3.8) is 0 Å². The Morgan fingerprint density at radius 2 is 2.00 bits per heavy atom. The normalized spacial score (nSPS) is 15.9. The zero-order chi connectivity index (χ0) is 23.7. The van der Waals surface area contributed by atoms with Gasteiger partial charge in [-0.25, -0.2) is 4.98 Å². The number of pyridine rings is 1. The fraction of sp³-hybridized carbons (Fsp3) is 0.407. The lowest BCUT2D eigenvalue weighted by Gasteiger charge is -2.33. The van der Waals surface area contributed by atoms with Crippen LogP contribution in [0.15, 0.2) is 42.7 Å². The molecule has 1 atom stereocenters. The van der Waals surface area contributed by atoms with Gasteiger partial charge in [0.25, 0.3) is 5.91 Å². The van der Waals surface area contributed by atoms with Gasteiger partial charge in [-0.2, -0.15) is 0 Å². The van der Waals surface area contributed by atoms with Crippen molar-refractivity contribution in [2.75, 3.05) is 38.1 Å². The summed E-state index contributed by atoms with van der Waals surface area (Å²) in [6.07, 6.45) is 8.21. The summed E-state index contributed by atoms with van der Waals surface area (Å²) in [5.74, 6) is 0.871. The summed E-state index contributed by atoms with van der Waals surface area (Å²) in [5, 5.41) is 2.33. The van der Waals surface area contributed by atoms with Crippen LogP contribution in [-0.2, 0) is 6.42 Å². The molecular weight excluding hydrogens is 442 g/mol. The average molecular weight is 476 g/mol. The maximum Gasteiger partial charge on any atom is 0.259 e. The number of carbonyl (C=O) groups excluding carboxylic acids is 1. The number of fused-ring (bicyclic) bond motifs is 2.